The molecule has 0 unspecified atom stereocenters. The first-order valence-corrected chi connectivity index (χ1v) is 13.9. The Bertz CT molecular complexity index is 1420. The number of benzene rings is 2. The minimum Gasteiger partial charge on any atom is -0.353 e. The number of imidazole rings is 1. The maximum Gasteiger partial charge on any atom is 0.283 e. The Morgan fingerprint density at radius 3 is 2.49 bits per heavy atom. The van der Waals surface area contributed by atoms with Crippen LogP contribution in [0.15, 0.2) is 59.8 Å². The molecule has 5 rings (SSSR count). The molecule has 35 heavy (non-hydrogen) atoms. The first-order valence-electron chi connectivity index (χ1n) is 11.7. The van der Waals surface area contributed by atoms with Crippen molar-refractivity contribution in [2.24, 2.45) is 7.05 Å². The highest BCUT2D eigenvalue weighted by Crippen LogP contribution is 2.30. The summed E-state index contributed by atoms with van der Waals surface area (Å²) >= 11 is 1.56. The Balaban J connectivity index is 1.24. The molecule has 1 saturated heterocycles. The number of piperazine rings is 1. The third-order valence-electron chi connectivity index (χ3n) is 6.77. The number of anilines is 2. The highest BCUT2D eigenvalue weighted by Gasteiger charge is 2.27. The van der Waals surface area contributed by atoms with Crippen LogP contribution in [0, 0.1) is 6.92 Å². The molecule has 0 bridgehead atoms. The van der Waals surface area contributed by atoms with E-state index in [1.807, 2.05) is 24.3 Å². The summed E-state index contributed by atoms with van der Waals surface area (Å²) in [4.78, 5) is 9.06. The fourth-order valence-corrected chi connectivity index (χ4v) is 6.56. The molecule has 0 aliphatic carbocycles. The zero-order valence-electron chi connectivity index (χ0n) is 20.3. The monoisotopic (exact) mass is 510 g/mol. The number of sulfonamides is 1. The van der Waals surface area contributed by atoms with Gasteiger partial charge in [0.15, 0.2) is 5.03 Å². The van der Waals surface area contributed by atoms with Gasteiger partial charge in [-0.15, -0.1) is 0 Å². The summed E-state index contributed by atoms with van der Waals surface area (Å²) in [5, 5.41) is 1.30. The summed E-state index contributed by atoms with van der Waals surface area (Å²) in [6.45, 7) is 6.44. The van der Waals surface area contributed by atoms with E-state index in [2.05, 4.69) is 39.0 Å². The zero-order chi connectivity index (χ0) is 24.6. The molecule has 0 atom stereocenters. The summed E-state index contributed by atoms with van der Waals surface area (Å²) in [6.07, 6.45) is 2.34. The number of fused-ring (bicyclic) bond motifs is 1. The van der Waals surface area contributed by atoms with E-state index in [1.54, 1.807) is 43.3 Å². The lowest BCUT2D eigenvalue weighted by molar-refractivity contribution is 0.261. The van der Waals surface area contributed by atoms with E-state index in [9.17, 15) is 8.42 Å². The summed E-state index contributed by atoms with van der Waals surface area (Å²) in [5.41, 5.74) is 1.71. The van der Waals surface area contributed by atoms with Crippen LogP contribution < -0.4 is 9.21 Å². The molecule has 8 nitrogen and oxygen atoms in total. The standard InChI is InChI=1S/C25H30N6O2S2/c1-19-26-24(18-28(19)2)35(32,33)29(3)22-10-6-4-8-20(22)12-13-30-14-16-31(17-15-30)25-21-9-5-7-11-23(21)34-27-25/h4-11,18H,12-17H2,1-3H3. The molecule has 1 aliphatic heterocycles. The quantitative estimate of drug-likeness (QED) is 0.379. The smallest absolute Gasteiger partial charge is 0.283 e. The number of hydrogen-bond donors (Lipinski definition) is 0. The molecule has 0 saturated carbocycles. The largest absolute Gasteiger partial charge is 0.353 e. The minimum atomic E-state index is -3.73. The van der Waals surface area contributed by atoms with Crippen molar-refractivity contribution >= 4 is 43.1 Å². The van der Waals surface area contributed by atoms with Crippen LogP contribution >= 0.6 is 11.5 Å². The molecule has 0 amide bonds. The van der Waals surface area contributed by atoms with Crippen molar-refractivity contribution in [1.29, 1.82) is 0 Å². The van der Waals surface area contributed by atoms with E-state index in [4.69, 9.17) is 4.37 Å². The van der Waals surface area contributed by atoms with E-state index in [-0.39, 0.29) is 5.03 Å². The van der Waals surface area contributed by atoms with Crippen LogP contribution in [0.25, 0.3) is 10.1 Å². The average molecular weight is 511 g/mol. The van der Waals surface area contributed by atoms with Gasteiger partial charge < -0.3 is 9.47 Å². The van der Waals surface area contributed by atoms with Gasteiger partial charge in [-0.25, -0.2) is 4.98 Å². The predicted molar refractivity (Wildman–Crippen MR) is 142 cm³/mol. The van der Waals surface area contributed by atoms with Crippen molar-refractivity contribution in [3.05, 3.63) is 66.1 Å². The number of nitrogens with zero attached hydrogens (tertiary/aromatic N) is 6. The maximum absolute atomic E-state index is 13.2. The molecule has 2 aromatic heterocycles. The SMILES string of the molecule is Cc1nc(S(=O)(=O)N(C)c2ccccc2CCN2CCN(c3nsc4ccccc34)CC2)cn1C. The van der Waals surface area contributed by atoms with Gasteiger partial charge in [-0.3, -0.25) is 9.21 Å². The first kappa shape index (κ1) is 23.8. The average Bonchev–Trinajstić information content (AvgIpc) is 3.46. The van der Waals surface area contributed by atoms with Gasteiger partial charge in [0.25, 0.3) is 10.0 Å². The third kappa shape index (κ3) is 4.65. The summed E-state index contributed by atoms with van der Waals surface area (Å²) in [5.74, 6) is 1.75. The summed E-state index contributed by atoms with van der Waals surface area (Å²) < 4.78 is 35.5. The van der Waals surface area contributed by atoms with Gasteiger partial charge in [0.1, 0.15) is 11.6 Å². The number of aryl methyl sites for hydroxylation is 2. The molecule has 0 radical (unpaired) electrons. The zero-order valence-corrected chi connectivity index (χ0v) is 21.9. The molecule has 184 valence electrons. The van der Waals surface area contributed by atoms with Crippen molar-refractivity contribution in [2.45, 2.75) is 18.4 Å². The van der Waals surface area contributed by atoms with Crippen LogP contribution in [0.2, 0.25) is 0 Å². The second-order valence-electron chi connectivity index (χ2n) is 8.92. The third-order valence-corrected chi connectivity index (χ3v) is 9.23. The Hall–Kier alpha value is -2.95. The molecular formula is C25H30N6O2S2. The number of aromatic nitrogens is 3. The van der Waals surface area contributed by atoms with Crippen LogP contribution in [0.4, 0.5) is 11.5 Å². The van der Waals surface area contributed by atoms with Gasteiger partial charge in [-0.05, 0) is 48.6 Å². The topological polar surface area (TPSA) is 74.6 Å². The van der Waals surface area contributed by atoms with Crippen LogP contribution in [0.3, 0.4) is 0 Å². The second kappa shape index (κ2) is 9.60. The van der Waals surface area contributed by atoms with Crippen LogP contribution in [0.1, 0.15) is 11.4 Å². The first-order chi connectivity index (χ1) is 16.8. The van der Waals surface area contributed by atoms with Gasteiger partial charge in [-0.2, -0.15) is 12.8 Å². The molecule has 10 heteroatoms. The molecule has 4 aromatic rings. The van der Waals surface area contributed by atoms with Gasteiger partial charge in [0.05, 0.1) is 10.4 Å². The van der Waals surface area contributed by atoms with Crippen LogP contribution in [-0.4, -0.2) is 67.0 Å². The molecular weight excluding hydrogens is 480 g/mol. The second-order valence-corrected chi connectivity index (χ2v) is 11.6. The van der Waals surface area contributed by atoms with Crippen LogP contribution in [-0.2, 0) is 23.5 Å². The van der Waals surface area contributed by atoms with E-state index < -0.39 is 10.0 Å². The van der Waals surface area contributed by atoms with Crippen molar-refractivity contribution < 1.29 is 8.42 Å². The van der Waals surface area contributed by atoms with E-state index >= 15 is 0 Å². The van der Waals surface area contributed by atoms with Crippen molar-refractivity contribution in [1.82, 2.24) is 18.8 Å². The van der Waals surface area contributed by atoms with E-state index in [0.717, 1.165) is 50.5 Å². The van der Waals surface area contributed by atoms with E-state index in [1.165, 1.54) is 14.4 Å². The van der Waals surface area contributed by atoms with Gasteiger partial charge in [0, 0.05) is 58.4 Å². The number of para-hydroxylation sites is 1. The Labute approximate surface area is 210 Å². The lowest BCUT2D eigenvalue weighted by Crippen LogP contribution is -2.47. The van der Waals surface area contributed by atoms with E-state index in [0.29, 0.717) is 11.5 Å². The number of hydrogen-bond acceptors (Lipinski definition) is 7. The summed E-state index contributed by atoms with van der Waals surface area (Å²) in [6, 6.07) is 16.1. The van der Waals surface area contributed by atoms with Crippen molar-refractivity contribution in [3.63, 3.8) is 0 Å². The van der Waals surface area contributed by atoms with Crippen LogP contribution in [0.5, 0.6) is 0 Å². The molecule has 0 N–H and O–H groups in total. The molecule has 1 fully saturated rings. The Morgan fingerprint density at radius 1 is 1.03 bits per heavy atom. The van der Waals surface area contributed by atoms with Crippen molar-refractivity contribution in [3.8, 4) is 0 Å². The highest BCUT2D eigenvalue weighted by atomic mass is 32.2. The number of rotatable bonds is 7. The molecule has 3 heterocycles. The van der Waals surface area contributed by atoms with Gasteiger partial charge in [0.2, 0.25) is 0 Å². The Kier molecular flexibility index (Phi) is 6.52. The van der Waals surface area contributed by atoms with Gasteiger partial charge >= 0.3 is 0 Å². The fourth-order valence-electron chi connectivity index (χ4n) is 4.51. The molecule has 1 aliphatic rings. The highest BCUT2D eigenvalue weighted by molar-refractivity contribution is 7.92. The minimum absolute atomic E-state index is 0.0699. The lowest BCUT2D eigenvalue weighted by atomic mass is 10.1. The maximum atomic E-state index is 13.2. The predicted octanol–water partition coefficient (Wildman–Crippen LogP) is 3.53. The molecule has 2 aromatic carbocycles. The van der Waals surface area contributed by atoms with Crippen molar-refractivity contribution in [2.75, 3.05) is 49.0 Å². The lowest BCUT2D eigenvalue weighted by Gasteiger charge is -2.35. The summed E-state index contributed by atoms with van der Waals surface area (Å²) in [7, 11) is -0.331. The Morgan fingerprint density at radius 2 is 1.74 bits per heavy atom. The van der Waals surface area contributed by atoms with Gasteiger partial charge in [-0.1, -0.05) is 30.3 Å². The normalized spacial score (nSPS) is 15.1. The molecule has 0 spiro atoms. The fraction of sp³-hybridized carbons (Fsp3) is 0.360.